The number of carbonyl (C=O) groups excluding carboxylic acids is 2. The molecule has 94 valence electrons. The second kappa shape index (κ2) is 6.40. The van der Waals surface area contributed by atoms with E-state index in [9.17, 15) is 14.0 Å². The predicted octanol–water partition coefficient (Wildman–Crippen LogP) is 1.53. The van der Waals surface area contributed by atoms with Crippen LogP contribution in [0.3, 0.4) is 0 Å². The Morgan fingerprint density at radius 3 is 2.61 bits per heavy atom. The smallest absolute Gasteiger partial charge is 0.340 e. The van der Waals surface area contributed by atoms with E-state index in [1.807, 2.05) is 0 Å². The zero-order valence-corrected chi connectivity index (χ0v) is 9.95. The number of benzene rings is 1. The molecule has 1 aromatic carbocycles. The van der Waals surface area contributed by atoms with Crippen LogP contribution in [0.1, 0.15) is 22.3 Å². The van der Waals surface area contributed by atoms with Crippen LogP contribution in [-0.4, -0.2) is 26.2 Å². The van der Waals surface area contributed by atoms with Crippen molar-refractivity contribution in [2.75, 3.05) is 14.2 Å². The summed E-state index contributed by atoms with van der Waals surface area (Å²) in [5, 5.41) is 0. The summed E-state index contributed by atoms with van der Waals surface area (Å²) < 4.78 is 22.6. The average Bonchev–Trinajstić information content (AvgIpc) is 2.39. The largest absolute Gasteiger partial charge is 0.468 e. The van der Waals surface area contributed by atoms with Gasteiger partial charge in [0.25, 0.3) is 0 Å². The van der Waals surface area contributed by atoms with Crippen molar-refractivity contribution in [2.45, 2.75) is 6.42 Å². The van der Waals surface area contributed by atoms with Crippen LogP contribution in [0, 0.1) is 17.7 Å². The van der Waals surface area contributed by atoms with Gasteiger partial charge in [-0.15, -0.1) is 0 Å². The lowest BCUT2D eigenvalue weighted by atomic mass is 10.1. The van der Waals surface area contributed by atoms with Crippen LogP contribution in [0.5, 0.6) is 0 Å². The molecular weight excluding hydrogens is 239 g/mol. The van der Waals surface area contributed by atoms with Crippen LogP contribution >= 0.6 is 0 Å². The van der Waals surface area contributed by atoms with Gasteiger partial charge in [-0.2, -0.15) is 0 Å². The van der Waals surface area contributed by atoms with E-state index >= 15 is 0 Å². The molecule has 0 bridgehead atoms. The Hall–Kier alpha value is -2.35. The van der Waals surface area contributed by atoms with Crippen LogP contribution in [-0.2, 0) is 14.3 Å². The third kappa shape index (κ3) is 3.32. The molecule has 0 aliphatic rings. The molecule has 0 unspecified atom stereocenters. The molecule has 0 spiro atoms. The van der Waals surface area contributed by atoms with E-state index in [1.165, 1.54) is 25.3 Å². The Balaban J connectivity index is 2.97. The molecule has 0 heterocycles. The first-order valence-electron chi connectivity index (χ1n) is 5.02. The molecule has 0 radical (unpaired) electrons. The highest BCUT2D eigenvalue weighted by atomic mass is 19.1. The molecule has 0 fully saturated rings. The molecule has 4 nitrogen and oxygen atoms in total. The quantitative estimate of drug-likeness (QED) is 0.590. The third-order valence-electron chi connectivity index (χ3n) is 2.09. The molecule has 0 aliphatic heterocycles. The molecule has 1 rings (SSSR count). The van der Waals surface area contributed by atoms with Gasteiger partial charge in [-0.3, -0.25) is 4.79 Å². The molecule has 5 heteroatoms. The van der Waals surface area contributed by atoms with Crippen LogP contribution in [0.2, 0.25) is 0 Å². The summed E-state index contributed by atoms with van der Waals surface area (Å²) in [6.07, 6.45) is -0.140. The first-order valence-corrected chi connectivity index (χ1v) is 5.02. The average molecular weight is 250 g/mol. The van der Waals surface area contributed by atoms with Gasteiger partial charge in [-0.05, 0) is 12.1 Å². The van der Waals surface area contributed by atoms with Crippen LogP contribution < -0.4 is 0 Å². The molecule has 0 aliphatic carbocycles. The maximum Gasteiger partial charge on any atom is 0.340 e. The van der Waals surface area contributed by atoms with Crippen molar-refractivity contribution < 1.29 is 23.5 Å². The Morgan fingerprint density at radius 1 is 1.28 bits per heavy atom. The van der Waals surface area contributed by atoms with Gasteiger partial charge in [0.1, 0.15) is 6.42 Å². The van der Waals surface area contributed by atoms with Crippen molar-refractivity contribution in [2.24, 2.45) is 0 Å². The molecule has 0 amide bonds. The SMILES string of the molecule is COC(=O)CC#Cc1cccc(C(=O)OC)c1F. The number of rotatable bonds is 2. The molecule has 1 aromatic rings. The van der Waals surface area contributed by atoms with Gasteiger partial charge in [-0.25, -0.2) is 9.18 Å². The van der Waals surface area contributed by atoms with E-state index in [4.69, 9.17) is 0 Å². The Labute approximate surface area is 104 Å². The van der Waals surface area contributed by atoms with E-state index in [0.29, 0.717) is 0 Å². The molecule has 18 heavy (non-hydrogen) atoms. The molecule has 0 N–H and O–H groups in total. The number of methoxy groups -OCH3 is 2. The highest BCUT2D eigenvalue weighted by Gasteiger charge is 2.13. The number of halogens is 1. The molecule has 0 saturated heterocycles. The minimum atomic E-state index is -0.774. The molecule has 0 aromatic heterocycles. The van der Waals surface area contributed by atoms with Gasteiger partial charge in [0, 0.05) is 0 Å². The number of esters is 2. The van der Waals surface area contributed by atoms with E-state index in [2.05, 4.69) is 21.3 Å². The van der Waals surface area contributed by atoms with Crippen molar-refractivity contribution >= 4 is 11.9 Å². The summed E-state index contributed by atoms with van der Waals surface area (Å²) in [7, 11) is 2.40. The summed E-state index contributed by atoms with van der Waals surface area (Å²) in [5.74, 6) is 2.88. The van der Waals surface area contributed by atoms with Gasteiger partial charge in [0.2, 0.25) is 0 Å². The lowest BCUT2D eigenvalue weighted by Crippen LogP contribution is -2.05. The monoisotopic (exact) mass is 250 g/mol. The van der Waals surface area contributed by atoms with Crippen molar-refractivity contribution in [3.05, 3.63) is 35.1 Å². The molecule has 0 saturated carbocycles. The summed E-state index contributed by atoms with van der Waals surface area (Å²) >= 11 is 0. The van der Waals surface area contributed by atoms with Gasteiger partial charge >= 0.3 is 11.9 Å². The van der Waals surface area contributed by atoms with E-state index in [-0.39, 0.29) is 17.5 Å². The number of ether oxygens (including phenoxy) is 2. The lowest BCUT2D eigenvalue weighted by molar-refractivity contribution is -0.139. The van der Waals surface area contributed by atoms with Gasteiger partial charge in [0.15, 0.2) is 5.82 Å². The van der Waals surface area contributed by atoms with E-state index < -0.39 is 17.8 Å². The first kappa shape index (κ1) is 13.7. The van der Waals surface area contributed by atoms with Gasteiger partial charge in [-0.1, -0.05) is 17.9 Å². The highest BCUT2D eigenvalue weighted by molar-refractivity contribution is 5.90. The van der Waals surface area contributed by atoms with Crippen molar-refractivity contribution in [1.29, 1.82) is 0 Å². The second-order valence-electron chi connectivity index (χ2n) is 3.21. The minimum absolute atomic E-state index is 0.0294. The maximum absolute atomic E-state index is 13.8. The summed E-state index contributed by atoms with van der Waals surface area (Å²) in [4.78, 5) is 22.0. The highest BCUT2D eigenvalue weighted by Crippen LogP contribution is 2.13. The summed E-state index contributed by atoms with van der Waals surface area (Å²) in [5.41, 5.74) is -0.163. The maximum atomic E-state index is 13.8. The van der Waals surface area contributed by atoms with Crippen LogP contribution in [0.25, 0.3) is 0 Å². The summed E-state index contributed by atoms with van der Waals surface area (Å²) in [6, 6.07) is 4.19. The first-order chi connectivity index (χ1) is 8.60. The number of carbonyl (C=O) groups is 2. The standard InChI is InChI=1S/C13H11FO4/c1-17-11(15)8-4-6-9-5-3-7-10(12(9)14)13(16)18-2/h3,5,7H,8H2,1-2H3. The van der Waals surface area contributed by atoms with E-state index in [0.717, 1.165) is 7.11 Å². The topological polar surface area (TPSA) is 52.6 Å². The fraction of sp³-hybridized carbons (Fsp3) is 0.231. The second-order valence-corrected chi connectivity index (χ2v) is 3.21. The van der Waals surface area contributed by atoms with Crippen molar-refractivity contribution in [1.82, 2.24) is 0 Å². The normalized spacial score (nSPS) is 9.06. The number of hydrogen-bond donors (Lipinski definition) is 0. The van der Waals surface area contributed by atoms with Crippen LogP contribution in [0.4, 0.5) is 4.39 Å². The Morgan fingerprint density at radius 2 is 2.00 bits per heavy atom. The fourth-order valence-electron chi connectivity index (χ4n) is 1.18. The third-order valence-corrected chi connectivity index (χ3v) is 2.09. The van der Waals surface area contributed by atoms with E-state index in [1.54, 1.807) is 0 Å². The van der Waals surface area contributed by atoms with Gasteiger partial charge < -0.3 is 9.47 Å². The summed E-state index contributed by atoms with van der Waals surface area (Å²) in [6.45, 7) is 0. The zero-order chi connectivity index (χ0) is 13.5. The lowest BCUT2D eigenvalue weighted by Gasteiger charge is -2.01. The number of hydrogen-bond acceptors (Lipinski definition) is 4. The fourth-order valence-corrected chi connectivity index (χ4v) is 1.18. The minimum Gasteiger partial charge on any atom is -0.468 e. The molecular formula is C13H11FO4. The zero-order valence-electron chi connectivity index (χ0n) is 9.95. The Kier molecular flexibility index (Phi) is 4.88. The van der Waals surface area contributed by atoms with Crippen molar-refractivity contribution in [3.8, 4) is 11.8 Å². The molecule has 0 atom stereocenters. The van der Waals surface area contributed by atoms with Crippen LogP contribution in [0.15, 0.2) is 18.2 Å². The van der Waals surface area contributed by atoms with Gasteiger partial charge in [0.05, 0.1) is 25.3 Å². The Bertz CT molecular complexity index is 526. The predicted molar refractivity (Wildman–Crippen MR) is 61.3 cm³/mol. The van der Waals surface area contributed by atoms with Crippen molar-refractivity contribution in [3.63, 3.8) is 0 Å².